The maximum atomic E-state index is 12.7. The van der Waals surface area contributed by atoms with Crippen LogP contribution in [0.4, 0.5) is 0 Å². The summed E-state index contributed by atoms with van der Waals surface area (Å²) in [6, 6.07) is 0. The van der Waals surface area contributed by atoms with E-state index in [0.29, 0.717) is 24.1 Å². The van der Waals surface area contributed by atoms with E-state index in [1.165, 1.54) is 167 Å². The van der Waals surface area contributed by atoms with Crippen molar-refractivity contribution < 1.29 is 37.3 Å². The SMILES string of the molecule is CCCCC/C=C\C/C=C\CCCCCCCCCCCC(=O)OC(COCCCCCCCCCC/C=C\CCCCCCCCC)COP(=O)([O-])OCC[N+](C)(C)C. The van der Waals surface area contributed by atoms with Crippen LogP contribution in [-0.4, -0.2) is 70.7 Å². The van der Waals surface area contributed by atoms with Crippen LogP contribution >= 0.6 is 7.82 Å². The lowest BCUT2D eigenvalue weighted by molar-refractivity contribution is -0.870. The summed E-state index contributed by atoms with van der Waals surface area (Å²) < 4.78 is 34.7. The lowest BCUT2D eigenvalue weighted by atomic mass is 10.1. The number of phosphoric acid groups is 1. The molecule has 0 aromatic carbocycles. The van der Waals surface area contributed by atoms with Crippen molar-refractivity contribution in [1.29, 1.82) is 0 Å². The van der Waals surface area contributed by atoms with Crippen LogP contribution < -0.4 is 4.89 Å². The molecule has 2 atom stereocenters. The highest BCUT2D eigenvalue weighted by molar-refractivity contribution is 7.45. The van der Waals surface area contributed by atoms with Crippen LogP contribution in [0.3, 0.4) is 0 Å². The Morgan fingerprint density at radius 1 is 0.517 bits per heavy atom. The Kier molecular flexibility index (Phi) is 43.4. The quantitative estimate of drug-likeness (QED) is 0.0198. The van der Waals surface area contributed by atoms with Crippen molar-refractivity contribution in [3.8, 4) is 0 Å². The fourth-order valence-corrected chi connectivity index (χ4v) is 7.71. The van der Waals surface area contributed by atoms with Crippen molar-refractivity contribution in [2.24, 2.45) is 0 Å². The zero-order valence-corrected chi connectivity index (χ0v) is 41.1. The van der Waals surface area contributed by atoms with E-state index >= 15 is 0 Å². The molecule has 0 amide bonds. The second-order valence-electron chi connectivity index (χ2n) is 18.2. The van der Waals surface area contributed by atoms with Gasteiger partial charge in [0.15, 0.2) is 0 Å². The summed E-state index contributed by atoms with van der Waals surface area (Å²) in [5.41, 5.74) is 0. The third kappa shape index (κ3) is 47.8. The molecule has 9 heteroatoms. The van der Waals surface area contributed by atoms with Gasteiger partial charge < -0.3 is 27.9 Å². The van der Waals surface area contributed by atoms with Crippen LogP contribution in [-0.2, 0) is 27.9 Å². The van der Waals surface area contributed by atoms with Gasteiger partial charge in [-0.3, -0.25) is 9.36 Å². The number of likely N-dealkylation sites (N-methyl/N-ethyl adjacent to an activating group) is 1. The van der Waals surface area contributed by atoms with E-state index in [1.807, 2.05) is 21.1 Å². The van der Waals surface area contributed by atoms with Crippen LogP contribution in [0.2, 0.25) is 0 Å². The average Bonchev–Trinajstić information content (AvgIpc) is 3.20. The molecule has 0 bridgehead atoms. The molecule has 0 spiro atoms. The number of phosphoric ester groups is 1. The molecule has 2 unspecified atom stereocenters. The van der Waals surface area contributed by atoms with Gasteiger partial charge in [-0.25, -0.2) is 0 Å². The third-order valence-electron chi connectivity index (χ3n) is 10.9. The zero-order valence-electron chi connectivity index (χ0n) is 40.2. The number of hydrogen-bond acceptors (Lipinski definition) is 7. The smallest absolute Gasteiger partial charge is 0.306 e. The van der Waals surface area contributed by atoms with Crippen molar-refractivity contribution in [2.75, 3.05) is 54.1 Å². The molecule has 0 aliphatic carbocycles. The van der Waals surface area contributed by atoms with Crippen LogP contribution in [0.1, 0.15) is 226 Å². The monoisotopic (exact) mass is 868 g/mol. The second kappa shape index (κ2) is 44.3. The minimum absolute atomic E-state index is 0.0249. The highest BCUT2D eigenvalue weighted by Gasteiger charge is 2.20. The van der Waals surface area contributed by atoms with Crippen molar-refractivity contribution in [3.05, 3.63) is 36.5 Å². The number of allylic oxidation sites excluding steroid dienone is 6. The summed E-state index contributed by atoms with van der Waals surface area (Å²) >= 11 is 0. The summed E-state index contributed by atoms with van der Waals surface area (Å²) in [4.78, 5) is 25.2. The molecule has 0 saturated carbocycles. The van der Waals surface area contributed by atoms with E-state index in [0.717, 1.165) is 38.5 Å². The fourth-order valence-electron chi connectivity index (χ4n) is 6.98. The lowest BCUT2D eigenvalue weighted by Crippen LogP contribution is -2.37. The van der Waals surface area contributed by atoms with Gasteiger partial charge in [0.2, 0.25) is 0 Å². The Morgan fingerprint density at radius 3 is 1.40 bits per heavy atom. The molecule has 0 fully saturated rings. The Bertz CT molecular complexity index is 1060. The van der Waals surface area contributed by atoms with Crippen LogP contribution in [0.15, 0.2) is 36.5 Å². The zero-order chi connectivity index (χ0) is 44.1. The lowest BCUT2D eigenvalue weighted by Gasteiger charge is -2.28. The number of carbonyl (C=O) groups excluding carboxylic acids is 1. The van der Waals surface area contributed by atoms with E-state index < -0.39 is 13.9 Å². The van der Waals surface area contributed by atoms with Gasteiger partial charge >= 0.3 is 5.97 Å². The summed E-state index contributed by atoms with van der Waals surface area (Å²) in [6.07, 6.45) is 53.0. The summed E-state index contributed by atoms with van der Waals surface area (Å²) in [5.74, 6) is -0.338. The normalized spacial score (nSPS) is 13.9. The van der Waals surface area contributed by atoms with Gasteiger partial charge in [0.25, 0.3) is 7.82 Å². The number of nitrogens with zero attached hydrogens (tertiary/aromatic N) is 1. The molecule has 354 valence electrons. The van der Waals surface area contributed by atoms with Crippen molar-refractivity contribution in [1.82, 2.24) is 0 Å². The highest BCUT2D eigenvalue weighted by Crippen LogP contribution is 2.38. The van der Waals surface area contributed by atoms with E-state index in [-0.39, 0.29) is 25.8 Å². The first kappa shape index (κ1) is 58.7. The Morgan fingerprint density at radius 2 is 0.917 bits per heavy atom. The molecule has 0 heterocycles. The number of hydrogen-bond donors (Lipinski definition) is 0. The van der Waals surface area contributed by atoms with Gasteiger partial charge in [0.05, 0.1) is 34.4 Å². The van der Waals surface area contributed by atoms with Crippen molar-refractivity contribution >= 4 is 13.8 Å². The molecular weight excluding hydrogens is 770 g/mol. The number of carbonyl (C=O) groups is 1. The Hall–Kier alpha value is -1.28. The second-order valence-corrected chi connectivity index (χ2v) is 19.6. The van der Waals surface area contributed by atoms with E-state index in [1.54, 1.807) is 0 Å². The van der Waals surface area contributed by atoms with Gasteiger partial charge in [-0.2, -0.15) is 0 Å². The first-order valence-electron chi connectivity index (χ1n) is 25.2. The maximum absolute atomic E-state index is 12.7. The molecule has 0 rings (SSSR count). The van der Waals surface area contributed by atoms with Gasteiger partial charge in [0, 0.05) is 13.0 Å². The Balaban J connectivity index is 4.16. The molecule has 0 saturated heterocycles. The molecule has 0 aromatic heterocycles. The van der Waals surface area contributed by atoms with E-state index in [2.05, 4.69) is 50.3 Å². The molecule has 60 heavy (non-hydrogen) atoms. The van der Waals surface area contributed by atoms with Crippen molar-refractivity contribution in [2.45, 2.75) is 232 Å². The third-order valence-corrected chi connectivity index (χ3v) is 11.9. The number of quaternary nitrogens is 1. The highest BCUT2D eigenvalue weighted by atomic mass is 31.2. The van der Waals surface area contributed by atoms with Gasteiger partial charge in [-0.05, 0) is 70.6 Å². The predicted octanol–water partition coefficient (Wildman–Crippen LogP) is 14.7. The standard InChI is InChI=1S/C51H98NO7P/c1-6-8-10-12-14-16-18-20-22-24-26-28-30-32-34-36-38-40-42-44-51(53)59-50(49-58-60(54,55)57-47-45-52(3,4)5)48-56-46-43-41-39-37-35-33-31-29-27-25-23-21-19-17-15-13-11-9-7-2/h14,16,20,22-23,25,50H,6-13,15,17-19,21,24,26-49H2,1-5H3/b16-14-,22-20-,25-23-. The molecule has 8 nitrogen and oxygen atoms in total. The van der Waals surface area contributed by atoms with Gasteiger partial charge in [0.1, 0.15) is 19.3 Å². The van der Waals surface area contributed by atoms with Crippen LogP contribution in [0, 0.1) is 0 Å². The molecule has 0 aromatic rings. The number of esters is 1. The first-order valence-corrected chi connectivity index (χ1v) is 26.7. The molecule has 0 aliphatic heterocycles. The fraction of sp³-hybridized carbons (Fsp3) is 0.863. The molecule has 0 radical (unpaired) electrons. The number of unbranched alkanes of at least 4 members (excludes halogenated alkanes) is 27. The molecule has 0 aliphatic rings. The number of ether oxygens (including phenoxy) is 2. The molecule has 0 N–H and O–H groups in total. The average molecular weight is 868 g/mol. The van der Waals surface area contributed by atoms with E-state index in [4.69, 9.17) is 18.5 Å². The summed E-state index contributed by atoms with van der Waals surface area (Å²) in [7, 11) is 1.36. The van der Waals surface area contributed by atoms with E-state index in [9.17, 15) is 14.3 Å². The summed E-state index contributed by atoms with van der Waals surface area (Å²) in [6.45, 7) is 5.40. The maximum Gasteiger partial charge on any atom is 0.306 e. The van der Waals surface area contributed by atoms with Crippen molar-refractivity contribution in [3.63, 3.8) is 0 Å². The van der Waals surface area contributed by atoms with Crippen LogP contribution in [0.25, 0.3) is 0 Å². The van der Waals surface area contributed by atoms with Gasteiger partial charge in [-0.1, -0.05) is 185 Å². The minimum atomic E-state index is -4.53. The molecular formula is C51H98NO7P. The van der Waals surface area contributed by atoms with Gasteiger partial charge in [-0.15, -0.1) is 0 Å². The summed E-state index contributed by atoms with van der Waals surface area (Å²) in [5, 5.41) is 0. The minimum Gasteiger partial charge on any atom is -0.756 e. The largest absolute Gasteiger partial charge is 0.756 e. The number of rotatable bonds is 47. The topological polar surface area (TPSA) is 94.1 Å². The Labute approximate surface area is 372 Å². The predicted molar refractivity (Wildman–Crippen MR) is 254 cm³/mol. The first-order chi connectivity index (χ1) is 29.1. The van der Waals surface area contributed by atoms with Crippen LogP contribution in [0.5, 0.6) is 0 Å².